The third-order valence-corrected chi connectivity index (χ3v) is 3.70. The zero-order valence-electron chi connectivity index (χ0n) is 10.7. The largest absolute Gasteiger partial charge is 0.497 e. The second-order valence-electron chi connectivity index (χ2n) is 4.19. The van der Waals surface area contributed by atoms with Crippen LogP contribution >= 0.6 is 11.3 Å². The van der Waals surface area contributed by atoms with Crippen LogP contribution in [0.5, 0.6) is 5.75 Å². The Morgan fingerprint density at radius 2 is 2.17 bits per heavy atom. The number of methoxy groups -OCH3 is 1. The summed E-state index contributed by atoms with van der Waals surface area (Å²) in [5.74, 6) is 0.750. The van der Waals surface area contributed by atoms with E-state index in [1.165, 1.54) is 0 Å². The van der Waals surface area contributed by atoms with Crippen LogP contribution in [0.15, 0.2) is 23.6 Å². The molecule has 1 heterocycles. The van der Waals surface area contributed by atoms with E-state index in [4.69, 9.17) is 10.5 Å². The summed E-state index contributed by atoms with van der Waals surface area (Å²) in [6.07, 6.45) is 0. The van der Waals surface area contributed by atoms with Crippen molar-refractivity contribution in [1.29, 1.82) is 0 Å². The number of benzene rings is 1. The molecule has 3 N–H and O–H groups in total. The lowest BCUT2D eigenvalue weighted by Crippen LogP contribution is -2.06. The van der Waals surface area contributed by atoms with E-state index in [2.05, 4.69) is 17.2 Å². The second-order valence-corrected chi connectivity index (χ2v) is 5.08. The van der Waals surface area contributed by atoms with Gasteiger partial charge in [0, 0.05) is 34.6 Å². The van der Waals surface area contributed by atoms with Gasteiger partial charge in [0.15, 0.2) is 0 Å². The highest BCUT2D eigenvalue weighted by Crippen LogP contribution is 2.27. The molecule has 1 aromatic carbocycles. The highest BCUT2D eigenvalue weighted by Gasteiger charge is 2.10. The van der Waals surface area contributed by atoms with E-state index in [0.29, 0.717) is 5.69 Å². The number of thiazole rings is 1. The predicted octanol–water partition coefficient (Wildman–Crippen LogP) is 3.22. The number of nitrogen functional groups attached to an aromatic ring is 1. The smallest absolute Gasteiger partial charge is 0.122 e. The van der Waals surface area contributed by atoms with Gasteiger partial charge < -0.3 is 15.8 Å². The molecule has 4 nitrogen and oxygen atoms in total. The van der Waals surface area contributed by atoms with Crippen molar-refractivity contribution >= 4 is 22.7 Å². The minimum Gasteiger partial charge on any atom is -0.497 e. The van der Waals surface area contributed by atoms with Gasteiger partial charge >= 0.3 is 0 Å². The van der Waals surface area contributed by atoms with Gasteiger partial charge in [-0.3, -0.25) is 0 Å². The first-order valence-electron chi connectivity index (χ1n) is 5.71. The predicted molar refractivity (Wildman–Crippen MR) is 76.3 cm³/mol. The van der Waals surface area contributed by atoms with Gasteiger partial charge in [0.2, 0.25) is 0 Å². The molecular formula is C13H17N3OS. The lowest BCUT2D eigenvalue weighted by molar-refractivity contribution is 0.415. The lowest BCUT2D eigenvalue weighted by atomic mass is 10.2. The Hall–Kier alpha value is -1.75. The topological polar surface area (TPSA) is 60.2 Å². The van der Waals surface area contributed by atoms with Gasteiger partial charge in [0.25, 0.3) is 0 Å². The van der Waals surface area contributed by atoms with Crippen molar-refractivity contribution in [1.82, 2.24) is 4.98 Å². The first kappa shape index (κ1) is 12.7. The van der Waals surface area contributed by atoms with Crippen molar-refractivity contribution in [3.8, 4) is 5.75 Å². The zero-order valence-corrected chi connectivity index (χ0v) is 11.5. The van der Waals surface area contributed by atoms with Gasteiger partial charge in [0.05, 0.1) is 13.2 Å². The highest BCUT2D eigenvalue weighted by molar-refractivity contribution is 7.09. The standard InChI is InChI=1S/C13H17N3OS/c1-8-7-18-13(15-8)9(2)16-11-4-10(14)5-12(6-11)17-3/h4-7,9,16H,14H2,1-3H3. The van der Waals surface area contributed by atoms with E-state index in [-0.39, 0.29) is 6.04 Å². The number of hydrogen-bond donors (Lipinski definition) is 2. The average molecular weight is 263 g/mol. The Morgan fingerprint density at radius 1 is 1.39 bits per heavy atom. The molecular weight excluding hydrogens is 246 g/mol. The minimum atomic E-state index is 0.148. The van der Waals surface area contributed by atoms with Crippen molar-refractivity contribution in [2.45, 2.75) is 19.9 Å². The molecule has 0 aliphatic carbocycles. The van der Waals surface area contributed by atoms with Gasteiger partial charge in [-0.2, -0.15) is 0 Å². The fourth-order valence-corrected chi connectivity index (χ4v) is 2.51. The third-order valence-electron chi connectivity index (χ3n) is 2.55. The Kier molecular flexibility index (Phi) is 3.72. The first-order valence-corrected chi connectivity index (χ1v) is 6.59. The first-order chi connectivity index (χ1) is 8.58. The van der Waals surface area contributed by atoms with Gasteiger partial charge in [-0.1, -0.05) is 0 Å². The van der Waals surface area contributed by atoms with Gasteiger partial charge in [-0.05, 0) is 19.9 Å². The average Bonchev–Trinajstić information content (AvgIpc) is 2.75. The molecule has 1 aromatic heterocycles. The van der Waals surface area contributed by atoms with Crippen molar-refractivity contribution in [3.63, 3.8) is 0 Å². The van der Waals surface area contributed by atoms with Crippen molar-refractivity contribution in [3.05, 3.63) is 34.3 Å². The van der Waals surface area contributed by atoms with E-state index in [9.17, 15) is 0 Å². The monoisotopic (exact) mass is 263 g/mol. The van der Waals surface area contributed by atoms with Crippen LogP contribution in [-0.4, -0.2) is 12.1 Å². The van der Waals surface area contributed by atoms with Crippen LogP contribution in [0.1, 0.15) is 23.7 Å². The molecule has 0 amide bonds. The molecule has 0 saturated heterocycles. The highest BCUT2D eigenvalue weighted by atomic mass is 32.1. The number of ether oxygens (including phenoxy) is 1. The molecule has 0 aliphatic heterocycles. The Bertz CT molecular complexity index is 539. The molecule has 0 radical (unpaired) electrons. The molecule has 18 heavy (non-hydrogen) atoms. The van der Waals surface area contributed by atoms with Crippen LogP contribution in [-0.2, 0) is 0 Å². The number of nitrogens with zero attached hydrogens (tertiary/aromatic N) is 1. The maximum Gasteiger partial charge on any atom is 0.122 e. The van der Waals surface area contributed by atoms with E-state index >= 15 is 0 Å². The molecule has 5 heteroatoms. The van der Waals surface area contributed by atoms with Crippen molar-refractivity contribution < 1.29 is 4.74 Å². The zero-order chi connectivity index (χ0) is 13.1. The molecule has 96 valence electrons. The van der Waals surface area contributed by atoms with Crippen LogP contribution in [0.25, 0.3) is 0 Å². The summed E-state index contributed by atoms with van der Waals surface area (Å²) >= 11 is 1.65. The Labute approximate surface area is 111 Å². The number of anilines is 2. The fraction of sp³-hybridized carbons (Fsp3) is 0.308. The van der Waals surface area contributed by atoms with Crippen LogP contribution in [0.2, 0.25) is 0 Å². The summed E-state index contributed by atoms with van der Waals surface area (Å²) in [5.41, 5.74) is 8.49. The van der Waals surface area contributed by atoms with Crippen LogP contribution in [0.4, 0.5) is 11.4 Å². The van der Waals surface area contributed by atoms with Crippen molar-refractivity contribution in [2.24, 2.45) is 0 Å². The maximum atomic E-state index is 5.82. The molecule has 2 aromatic rings. The van der Waals surface area contributed by atoms with E-state index in [0.717, 1.165) is 22.1 Å². The lowest BCUT2D eigenvalue weighted by Gasteiger charge is -2.14. The van der Waals surface area contributed by atoms with Gasteiger partial charge in [-0.25, -0.2) is 4.98 Å². The molecule has 1 unspecified atom stereocenters. The van der Waals surface area contributed by atoms with Crippen LogP contribution in [0.3, 0.4) is 0 Å². The Morgan fingerprint density at radius 3 is 2.78 bits per heavy atom. The Balaban J connectivity index is 2.16. The quantitative estimate of drug-likeness (QED) is 0.831. The van der Waals surface area contributed by atoms with Gasteiger partial charge in [0.1, 0.15) is 10.8 Å². The second kappa shape index (κ2) is 5.27. The fourth-order valence-electron chi connectivity index (χ4n) is 1.71. The minimum absolute atomic E-state index is 0.148. The number of rotatable bonds is 4. The van der Waals surface area contributed by atoms with E-state index < -0.39 is 0 Å². The molecule has 0 fully saturated rings. The van der Waals surface area contributed by atoms with E-state index in [1.54, 1.807) is 24.5 Å². The summed E-state index contributed by atoms with van der Waals surface area (Å²) in [5, 5.41) is 6.49. The number of aromatic nitrogens is 1. The number of nitrogens with two attached hydrogens (primary N) is 1. The summed E-state index contributed by atoms with van der Waals surface area (Å²) < 4.78 is 5.19. The number of hydrogen-bond acceptors (Lipinski definition) is 5. The van der Waals surface area contributed by atoms with E-state index in [1.807, 2.05) is 24.4 Å². The van der Waals surface area contributed by atoms with Crippen LogP contribution in [0, 0.1) is 6.92 Å². The molecule has 0 bridgehead atoms. The summed E-state index contributed by atoms with van der Waals surface area (Å²) in [4.78, 5) is 4.47. The summed E-state index contributed by atoms with van der Waals surface area (Å²) in [6.45, 7) is 4.07. The molecule has 0 aliphatic rings. The molecule has 2 rings (SSSR count). The SMILES string of the molecule is COc1cc(N)cc(NC(C)c2nc(C)cs2)c1. The summed E-state index contributed by atoms with van der Waals surface area (Å²) in [7, 11) is 1.63. The normalized spacial score (nSPS) is 12.2. The third kappa shape index (κ3) is 2.92. The van der Waals surface area contributed by atoms with Crippen LogP contribution < -0.4 is 15.8 Å². The summed E-state index contributed by atoms with van der Waals surface area (Å²) in [6, 6.07) is 5.76. The van der Waals surface area contributed by atoms with Crippen molar-refractivity contribution in [2.75, 3.05) is 18.2 Å². The molecule has 0 saturated carbocycles. The maximum absolute atomic E-state index is 5.82. The number of nitrogens with one attached hydrogen (secondary N) is 1. The number of aryl methyl sites for hydroxylation is 1. The molecule has 1 atom stereocenters. The molecule has 0 spiro atoms. The van der Waals surface area contributed by atoms with Gasteiger partial charge in [-0.15, -0.1) is 11.3 Å².